The average molecular weight is 289 g/mol. The standard InChI is InChI=1S/C15H19N3O3/c1-9-6-11-7-16-8-14(11)17(9)15(19)12-4-3-5-13(10(12)2)18(20)21/h3-5,9,11,14,16H,6-8H2,1-2H3. The van der Waals surface area contributed by atoms with Crippen molar-refractivity contribution in [3.05, 3.63) is 39.4 Å². The fourth-order valence-electron chi connectivity index (χ4n) is 3.71. The Labute approximate surface area is 123 Å². The summed E-state index contributed by atoms with van der Waals surface area (Å²) in [5, 5.41) is 14.4. The summed E-state index contributed by atoms with van der Waals surface area (Å²) in [5.74, 6) is 0.419. The molecule has 6 heteroatoms. The molecule has 2 fully saturated rings. The molecule has 0 aromatic heterocycles. The minimum Gasteiger partial charge on any atom is -0.331 e. The Hall–Kier alpha value is -1.95. The molecular weight excluding hydrogens is 270 g/mol. The summed E-state index contributed by atoms with van der Waals surface area (Å²) < 4.78 is 0. The summed E-state index contributed by atoms with van der Waals surface area (Å²) in [5.41, 5.74) is 0.909. The lowest BCUT2D eigenvalue weighted by Crippen LogP contribution is -2.43. The van der Waals surface area contributed by atoms with Crippen LogP contribution < -0.4 is 5.32 Å². The molecule has 1 aromatic carbocycles. The SMILES string of the molecule is Cc1c(C(=O)N2C(C)CC3CNCC32)cccc1[N+](=O)[O-]. The fraction of sp³-hybridized carbons (Fsp3) is 0.533. The summed E-state index contributed by atoms with van der Waals surface area (Å²) in [4.78, 5) is 25.4. The molecule has 0 spiro atoms. The number of benzene rings is 1. The lowest BCUT2D eigenvalue weighted by molar-refractivity contribution is -0.385. The molecule has 1 amide bonds. The second-order valence-corrected chi connectivity index (χ2v) is 5.99. The molecule has 3 rings (SSSR count). The number of hydrogen-bond donors (Lipinski definition) is 1. The number of nitrogens with one attached hydrogen (secondary N) is 1. The van der Waals surface area contributed by atoms with Gasteiger partial charge in [-0.2, -0.15) is 0 Å². The first-order chi connectivity index (χ1) is 10.0. The minimum absolute atomic E-state index is 0.00815. The Morgan fingerprint density at radius 1 is 1.43 bits per heavy atom. The number of carbonyl (C=O) groups is 1. The molecule has 3 atom stereocenters. The monoisotopic (exact) mass is 289 g/mol. The molecule has 1 N–H and O–H groups in total. The topological polar surface area (TPSA) is 75.5 Å². The first-order valence-electron chi connectivity index (χ1n) is 7.28. The number of nitro benzene ring substituents is 1. The molecule has 112 valence electrons. The summed E-state index contributed by atoms with van der Waals surface area (Å²) in [6.07, 6.45) is 0.997. The minimum atomic E-state index is -0.431. The zero-order valence-electron chi connectivity index (χ0n) is 12.2. The highest BCUT2D eigenvalue weighted by molar-refractivity contribution is 5.97. The zero-order valence-corrected chi connectivity index (χ0v) is 12.2. The van der Waals surface area contributed by atoms with E-state index in [2.05, 4.69) is 12.2 Å². The second kappa shape index (κ2) is 5.11. The van der Waals surface area contributed by atoms with Gasteiger partial charge in [-0.05, 0) is 32.3 Å². The van der Waals surface area contributed by atoms with Crippen molar-refractivity contribution in [2.24, 2.45) is 5.92 Å². The lowest BCUT2D eigenvalue weighted by Gasteiger charge is -2.28. The van der Waals surface area contributed by atoms with Crippen LogP contribution in [-0.2, 0) is 0 Å². The van der Waals surface area contributed by atoms with Crippen LogP contribution in [-0.4, -0.2) is 40.9 Å². The fourth-order valence-corrected chi connectivity index (χ4v) is 3.71. The van der Waals surface area contributed by atoms with Gasteiger partial charge in [-0.15, -0.1) is 0 Å². The van der Waals surface area contributed by atoms with E-state index in [1.165, 1.54) is 6.07 Å². The Kier molecular flexibility index (Phi) is 3.41. The van der Waals surface area contributed by atoms with Crippen LogP contribution in [0.15, 0.2) is 18.2 Å². The molecule has 0 saturated carbocycles. The van der Waals surface area contributed by atoms with Crippen molar-refractivity contribution < 1.29 is 9.72 Å². The smallest absolute Gasteiger partial charge is 0.273 e. The van der Waals surface area contributed by atoms with Crippen LogP contribution in [0.3, 0.4) is 0 Å². The van der Waals surface area contributed by atoms with Gasteiger partial charge in [-0.3, -0.25) is 14.9 Å². The van der Waals surface area contributed by atoms with E-state index < -0.39 is 4.92 Å². The Morgan fingerprint density at radius 3 is 2.90 bits per heavy atom. The average Bonchev–Trinajstić information content (AvgIpc) is 2.97. The maximum Gasteiger partial charge on any atom is 0.273 e. The van der Waals surface area contributed by atoms with Gasteiger partial charge in [-0.1, -0.05) is 6.07 Å². The highest BCUT2D eigenvalue weighted by atomic mass is 16.6. The van der Waals surface area contributed by atoms with Crippen molar-refractivity contribution in [2.75, 3.05) is 13.1 Å². The number of hydrogen-bond acceptors (Lipinski definition) is 4. The van der Waals surface area contributed by atoms with E-state index in [9.17, 15) is 14.9 Å². The van der Waals surface area contributed by atoms with Gasteiger partial charge >= 0.3 is 0 Å². The number of rotatable bonds is 2. The summed E-state index contributed by atoms with van der Waals surface area (Å²) in [6.45, 7) is 5.47. The highest BCUT2D eigenvalue weighted by Crippen LogP contribution is 2.34. The van der Waals surface area contributed by atoms with Gasteiger partial charge in [0.2, 0.25) is 0 Å². The van der Waals surface area contributed by atoms with Gasteiger partial charge in [0.25, 0.3) is 11.6 Å². The van der Waals surface area contributed by atoms with Gasteiger partial charge < -0.3 is 10.2 Å². The van der Waals surface area contributed by atoms with Crippen molar-refractivity contribution in [1.29, 1.82) is 0 Å². The van der Waals surface area contributed by atoms with Gasteiger partial charge in [0.15, 0.2) is 0 Å². The van der Waals surface area contributed by atoms with E-state index >= 15 is 0 Å². The number of nitro groups is 1. The third-order valence-corrected chi connectivity index (χ3v) is 4.75. The van der Waals surface area contributed by atoms with Crippen molar-refractivity contribution in [3.8, 4) is 0 Å². The molecule has 21 heavy (non-hydrogen) atoms. The predicted octanol–water partition coefficient (Wildman–Crippen LogP) is 1.73. The molecular formula is C15H19N3O3. The van der Waals surface area contributed by atoms with Gasteiger partial charge in [-0.25, -0.2) is 0 Å². The molecule has 2 heterocycles. The molecule has 0 bridgehead atoms. The van der Waals surface area contributed by atoms with Crippen molar-refractivity contribution in [1.82, 2.24) is 10.2 Å². The third-order valence-electron chi connectivity index (χ3n) is 4.75. The number of amides is 1. The van der Waals surface area contributed by atoms with Crippen LogP contribution >= 0.6 is 0 Å². The van der Waals surface area contributed by atoms with Crippen LogP contribution in [0.5, 0.6) is 0 Å². The van der Waals surface area contributed by atoms with Crippen molar-refractivity contribution in [2.45, 2.75) is 32.4 Å². The Morgan fingerprint density at radius 2 is 2.19 bits per heavy atom. The van der Waals surface area contributed by atoms with E-state index in [1.807, 2.05) is 4.90 Å². The number of nitrogens with zero attached hydrogens (tertiary/aromatic N) is 2. The van der Waals surface area contributed by atoms with Crippen molar-refractivity contribution in [3.63, 3.8) is 0 Å². The van der Waals surface area contributed by atoms with Gasteiger partial charge in [0, 0.05) is 42.4 Å². The molecule has 0 aliphatic carbocycles. The Balaban J connectivity index is 1.95. The maximum absolute atomic E-state index is 12.9. The summed E-state index contributed by atoms with van der Waals surface area (Å²) in [7, 11) is 0. The van der Waals surface area contributed by atoms with Crippen molar-refractivity contribution >= 4 is 11.6 Å². The first-order valence-corrected chi connectivity index (χ1v) is 7.28. The Bertz CT molecular complexity index is 602. The van der Waals surface area contributed by atoms with E-state index in [1.54, 1.807) is 19.1 Å². The summed E-state index contributed by atoms with van der Waals surface area (Å²) in [6, 6.07) is 5.12. The van der Waals surface area contributed by atoms with E-state index in [-0.39, 0.29) is 23.7 Å². The molecule has 6 nitrogen and oxygen atoms in total. The third kappa shape index (κ3) is 2.19. The van der Waals surface area contributed by atoms with Crippen LogP contribution in [0, 0.1) is 23.0 Å². The number of fused-ring (bicyclic) bond motifs is 1. The molecule has 1 aromatic rings. The van der Waals surface area contributed by atoms with Crippen LogP contribution in [0.4, 0.5) is 5.69 Å². The maximum atomic E-state index is 12.9. The number of likely N-dealkylation sites (tertiary alicyclic amines) is 1. The first kappa shape index (κ1) is 14.0. The molecule has 2 saturated heterocycles. The number of carbonyl (C=O) groups excluding carboxylic acids is 1. The van der Waals surface area contributed by atoms with Crippen LogP contribution in [0.1, 0.15) is 29.3 Å². The van der Waals surface area contributed by atoms with E-state index in [0.29, 0.717) is 17.0 Å². The lowest BCUT2D eigenvalue weighted by atomic mass is 10.0. The van der Waals surface area contributed by atoms with Crippen LogP contribution in [0.2, 0.25) is 0 Å². The predicted molar refractivity (Wildman–Crippen MR) is 78.2 cm³/mol. The normalized spacial score (nSPS) is 27.7. The van der Waals surface area contributed by atoms with E-state index in [4.69, 9.17) is 0 Å². The van der Waals surface area contributed by atoms with Gasteiger partial charge in [0.05, 0.1) is 4.92 Å². The zero-order chi connectivity index (χ0) is 15.1. The van der Waals surface area contributed by atoms with E-state index in [0.717, 1.165) is 19.5 Å². The molecule has 2 aliphatic rings. The molecule has 3 unspecified atom stereocenters. The molecule has 0 radical (unpaired) electrons. The largest absolute Gasteiger partial charge is 0.331 e. The highest BCUT2D eigenvalue weighted by Gasteiger charge is 2.44. The van der Waals surface area contributed by atoms with Gasteiger partial charge in [0.1, 0.15) is 0 Å². The second-order valence-electron chi connectivity index (χ2n) is 5.99. The van der Waals surface area contributed by atoms with Crippen LogP contribution in [0.25, 0.3) is 0 Å². The quantitative estimate of drug-likeness (QED) is 0.664. The summed E-state index contributed by atoms with van der Waals surface area (Å²) >= 11 is 0. The molecule has 2 aliphatic heterocycles.